The van der Waals surface area contributed by atoms with Crippen LogP contribution in [-0.2, 0) is 0 Å². The fourth-order valence-electron chi connectivity index (χ4n) is 1.73. The van der Waals surface area contributed by atoms with Crippen molar-refractivity contribution < 1.29 is 18.3 Å². The van der Waals surface area contributed by atoms with Gasteiger partial charge < -0.3 is 15.4 Å². The molecule has 0 radical (unpaired) electrons. The Morgan fingerprint density at radius 3 is 2.53 bits per heavy atom. The number of hydrogen-bond acceptors (Lipinski definition) is 3. The lowest BCUT2D eigenvalue weighted by Gasteiger charge is -2.27. The van der Waals surface area contributed by atoms with Crippen LogP contribution in [-0.4, -0.2) is 36.5 Å². The molecule has 1 aromatic carbocycles. The number of rotatable bonds is 6. The summed E-state index contributed by atoms with van der Waals surface area (Å²) in [5.74, 6) is -0.484. The third kappa shape index (κ3) is 4.17. The molecule has 106 valence electrons. The van der Waals surface area contributed by atoms with E-state index in [4.69, 9.17) is 5.73 Å². The molecule has 0 aliphatic heterocycles. The Balaban J connectivity index is 3.03. The van der Waals surface area contributed by atoms with E-state index >= 15 is 0 Å². The van der Waals surface area contributed by atoms with Gasteiger partial charge in [-0.1, -0.05) is 12.1 Å². The van der Waals surface area contributed by atoms with Gasteiger partial charge in [0.05, 0.1) is 5.56 Å². The van der Waals surface area contributed by atoms with Gasteiger partial charge in [-0.2, -0.15) is 8.78 Å². The van der Waals surface area contributed by atoms with E-state index < -0.39 is 6.61 Å². The predicted molar refractivity (Wildman–Crippen MR) is 68.3 cm³/mol. The Kier molecular flexibility index (Phi) is 5.69. The molecule has 2 N–H and O–H groups in total. The molecule has 0 atom stereocenters. The molecule has 1 aromatic rings. The van der Waals surface area contributed by atoms with Crippen molar-refractivity contribution >= 4 is 5.91 Å². The van der Waals surface area contributed by atoms with Gasteiger partial charge in [0.1, 0.15) is 5.75 Å². The number of nitrogens with zero attached hydrogens (tertiary/aromatic N) is 1. The van der Waals surface area contributed by atoms with Crippen molar-refractivity contribution in [3.8, 4) is 5.75 Å². The molecular weight excluding hydrogens is 254 g/mol. The summed E-state index contributed by atoms with van der Waals surface area (Å²) in [7, 11) is 0. The number of benzene rings is 1. The van der Waals surface area contributed by atoms with Crippen molar-refractivity contribution in [2.75, 3.05) is 13.1 Å². The molecule has 0 aliphatic rings. The third-order valence-electron chi connectivity index (χ3n) is 2.59. The van der Waals surface area contributed by atoms with Crippen LogP contribution in [0.3, 0.4) is 0 Å². The predicted octanol–water partition coefficient (Wildman–Crippen LogP) is 2.10. The van der Waals surface area contributed by atoms with Crippen LogP contribution in [0, 0.1) is 0 Å². The average molecular weight is 272 g/mol. The van der Waals surface area contributed by atoms with Gasteiger partial charge in [0.15, 0.2) is 0 Å². The number of para-hydroxylation sites is 1. The minimum atomic E-state index is -2.96. The molecule has 0 unspecified atom stereocenters. The van der Waals surface area contributed by atoms with Crippen molar-refractivity contribution in [2.45, 2.75) is 26.5 Å². The number of amides is 1. The van der Waals surface area contributed by atoms with Gasteiger partial charge >= 0.3 is 6.61 Å². The SMILES string of the molecule is CC(C)N(CCN)C(=O)c1ccccc1OC(F)F. The average Bonchev–Trinajstić information content (AvgIpc) is 2.34. The quantitative estimate of drug-likeness (QED) is 0.862. The number of halogens is 2. The van der Waals surface area contributed by atoms with Crippen LogP contribution in [0.25, 0.3) is 0 Å². The van der Waals surface area contributed by atoms with E-state index in [1.807, 2.05) is 13.8 Å². The zero-order valence-electron chi connectivity index (χ0n) is 11.0. The van der Waals surface area contributed by atoms with E-state index in [-0.39, 0.29) is 23.3 Å². The summed E-state index contributed by atoms with van der Waals surface area (Å²) in [4.78, 5) is 13.8. The highest BCUT2D eigenvalue weighted by Gasteiger charge is 2.22. The number of alkyl halides is 2. The van der Waals surface area contributed by atoms with Crippen LogP contribution in [0.15, 0.2) is 24.3 Å². The minimum Gasteiger partial charge on any atom is -0.434 e. The van der Waals surface area contributed by atoms with Crippen LogP contribution in [0.2, 0.25) is 0 Å². The summed E-state index contributed by atoms with van der Waals surface area (Å²) >= 11 is 0. The smallest absolute Gasteiger partial charge is 0.387 e. The van der Waals surface area contributed by atoms with Gasteiger partial charge in [0.2, 0.25) is 0 Å². The molecule has 0 heterocycles. The first-order valence-electron chi connectivity index (χ1n) is 6.02. The second kappa shape index (κ2) is 7.04. The maximum Gasteiger partial charge on any atom is 0.387 e. The molecule has 0 spiro atoms. The number of carbonyl (C=O) groups excluding carboxylic acids is 1. The molecule has 0 saturated heterocycles. The molecule has 19 heavy (non-hydrogen) atoms. The van der Waals surface area contributed by atoms with Crippen molar-refractivity contribution in [1.82, 2.24) is 4.90 Å². The highest BCUT2D eigenvalue weighted by atomic mass is 19.3. The van der Waals surface area contributed by atoms with Gasteiger partial charge in [-0.05, 0) is 26.0 Å². The summed E-state index contributed by atoms with van der Waals surface area (Å²) in [6, 6.07) is 5.88. The van der Waals surface area contributed by atoms with Crippen LogP contribution >= 0.6 is 0 Å². The van der Waals surface area contributed by atoms with Gasteiger partial charge in [-0.25, -0.2) is 0 Å². The fraction of sp³-hybridized carbons (Fsp3) is 0.462. The molecule has 0 aliphatic carbocycles. The number of ether oxygens (including phenoxy) is 1. The van der Waals surface area contributed by atoms with E-state index in [1.54, 1.807) is 6.07 Å². The summed E-state index contributed by atoms with van der Waals surface area (Å²) in [5.41, 5.74) is 5.57. The summed E-state index contributed by atoms with van der Waals surface area (Å²) < 4.78 is 29.0. The van der Waals surface area contributed by atoms with Crippen LogP contribution in [0.4, 0.5) is 8.78 Å². The van der Waals surface area contributed by atoms with E-state index in [1.165, 1.54) is 23.1 Å². The topological polar surface area (TPSA) is 55.6 Å². The lowest BCUT2D eigenvalue weighted by Crippen LogP contribution is -2.40. The maximum atomic E-state index is 12.3. The highest BCUT2D eigenvalue weighted by molar-refractivity contribution is 5.97. The van der Waals surface area contributed by atoms with Gasteiger partial charge in [0.25, 0.3) is 5.91 Å². The first-order valence-corrected chi connectivity index (χ1v) is 6.02. The number of hydrogen-bond donors (Lipinski definition) is 1. The molecule has 4 nitrogen and oxygen atoms in total. The van der Waals surface area contributed by atoms with Gasteiger partial charge in [-0.3, -0.25) is 4.79 Å². The van der Waals surface area contributed by atoms with Gasteiger partial charge in [-0.15, -0.1) is 0 Å². The zero-order valence-corrected chi connectivity index (χ0v) is 11.0. The van der Waals surface area contributed by atoms with Crippen LogP contribution in [0.1, 0.15) is 24.2 Å². The van der Waals surface area contributed by atoms with E-state index in [9.17, 15) is 13.6 Å². The Labute approximate surface area is 111 Å². The molecule has 0 fully saturated rings. The van der Waals surface area contributed by atoms with Crippen molar-refractivity contribution in [3.63, 3.8) is 0 Å². The van der Waals surface area contributed by atoms with Gasteiger partial charge in [0, 0.05) is 19.1 Å². The maximum absolute atomic E-state index is 12.3. The Hall–Kier alpha value is -1.69. The number of nitrogens with two attached hydrogens (primary N) is 1. The first-order chi connectivity index (χ1) is 8.97. The van der Waals surface area contributed by atoms with E-state index in [2.05, 4.69) is 4.74 Å². The summed E-state index contributed by atoms with van der Waals surface area (Å²) in [5, 5.41) is 0. The van der Waals surface area contributed by atoms with Crippen LogP contribution < -0.4 is 10.5 Å². The molecule has 0 aromatic heterocycles. The zero-order chi connectivity index (χ0) is 14.4. The molecule has 1 amide bonds. The third-order valence-corrected chi connectivity index (χ3v) is 2.59. The lowest BCUT2D eigenvalue weighted by atomic mass is 10.1. The highest BCUT2D eigenvalue weighted by Crippen LogP contribution is 2.22. The second-order valence-electron chi connectivity index (χ2n) is 4.26. The fourth-order valence-corrected chi connectivity index (χ4v) is 1.73. The summed E-state index contributed by atoms with van der Waals surface area (Å²) in [6.07, 6.45) is 0. The van der Waals surface area contributed by atoms with Crippen molar-refractivity contribution in [1.29, 1.82) is 0 Å². The Morgan fingerprint density at radius 1 is 1.37 bits per heavy atom. The Bertz CT molecular complexity index is 425. The van der Waals surface area contributed by atoms with Crippen molar-refractivity contribution in [2.24, 2.45) is 5.73 Å². The standard InChI is InChI=1S/C13H18F2N2O2/c1-9(2)17(8-7-16)12(18)10-5-3-4-6-11(10)19-13(14)15/h3-6,9,13H,7-8,16H2,1-2H3. The normalized spacial score (nSPS) is 10.9. The lowest BCUT2D eigenvalue weighted by molar-refractivity contribution is -0.0503. The molecule has 0 bridgehead atoms. The second-order valence-corrected chi connectivity index (χ2v) is 4.26. The minimum absolute atomic E-state index is 0.0735. The number of carbonyl (C=O) groups is 1. The van der Waals surface area contributed by atoms with E-state index in [0.29, 0.717) is 13.1 Å². The van der Waals surface area contributed by atoms with Crippen molar-refractivity contribution in [3.05, 3.63) is 29.8 Å². The largest absolute Gasteiger partial charge is 0.434 e. The van der Waals surface area contributed by atoms with E-state index in [0.717, 1.165) is 0 Å². The van der Waals surface area contributed by atoms with Crippen LogP contribution in [0.5, 0.6) is 5.75 Å². The molecular formula is C13H18F2N2O2. The summed E-state index contributed by atoms with van der Waals surface area (Å²) in [6.45, 7) is 1.38. The first kappa shape index (κ1) is 15.4. The molecule has 1 rings (SSSR count). The monoisotopic (exact) mass is 272 g/mol. The molecule has 6 heteroatoms. The Morgan fingerprint density at radius 2 is 2.00 bits per heavy atom. The molecule has 0 saturated carbocycles.